The van der Waals surface area contributed by atoms with Gasteiger partial charge in [-0.25, -0.2) is 9.59 Å². The molecule has 3 N–H and O–H groups in total. The van der Waals surface area contributed by atoms with Crippen molar-refractivity contribution in [3.05, 3.63) is 29.3 Å². The third-order valence-electron chi connectivity index (χ3n) is 4.06. The van der Waals surface area contributed by atoms with E-state index in [0.717, 1.165) is 6.42 Å². The van der Waals surface area contributed by atoms with E-state index in [9.17, 15) is 19.8 Å². The Hall–Kier alpha value is -2.08. The molecule has 1 saturated heterocycles. The van der Waals surface area contributed by atoms with Crippen molar-refractivity contribution in [2.75, 3.05) is 18.5 Å². The Morgan fingerprint density at radius 3 is 2.76 bits per heavy atom. The average Bonchev–Trinajstić information content (AvgIpc) is 2.79. The first-order valence-electron chi connectivity index (χ1n) is 6.97. The molecule has 0 saturated carbocycles. The van der Waals surface area contributed by atoms with Gasteiger partial charge in [0.05, 0.1) is 23.9 Å². The first-order chi connectivity index (χ1) is 9.95. The monoisotopic (exact) mass is 292 g/mol. The number of hydrogen-bond donors (Lipinski definition) is 3. The topological polar surface area (TPSA) is 89.9 Å². The Morgan fingerprint density at radius 1 is 1.43 bits per heavy atom. The molecular weight excluding hydrogens is 272 g/mol. The molecule has 0 aromatic heterocycles. The van der Waals surface area contributed by atoms with E-state index in [1.807, 2.05) is 6.92 Å². The third kappa shape index (κ3) is 3.00. The number of carboxylic acids is 1. The number of carbonyl (C=O) groups is 2. The summed E-state index contributed by atoms with van der Waals surface area (Å²) in [6.45, 7) is 4.15. The highest BCUT2D eigenvalue weighted by atomic mass is 16.4. The standard InChI is InChI=1S/C15H20N2O4/c1-9-6-7-17(12(9)8-18)15(21)16-11-5-3-4-10(2)13(11)14(19)20/h3-5,9,12,18H,6-8H2,1-2H3,(H,16,21)(H,19,20). The molecule has 1 heterocycles. The van der Waals surface area contributed by atoms with Crippen molar-refractivity contribution in [2.24, 2.45) is 5.92 Å². The van der Waals surface area contributed by atoms with Crippen molar-refractivity contribution < 1.29 is 19.8 Å². The Balaban J connectivity index is 2.21. The van der Waals surface area contributed by atoms with Crippen LogP contribution >= 0.6 is 0 Å². The zero-order valence-electron chi connectivity index (χ0n) is 12.2. The summed E-state index contributed by atoms with van der Waals surface area (Å²) < 4.78 is 0. The summed E-state index contributed by atoms with van der Waals surface area (Å²) in [5.74, 6) is -0.839. The summed E-state index contributed by atoms with van der Waals surface area (Å²) in [4.78, 5) is 25.2. The van der Waals surface area contributed by atoms with Crippen LogP contribution in [0.25, 0.3) is 0 Å². The quantitative estimate of drug-likeness (QED) is 0.794. The van der Waals surface area contributed by atoms with Gasteiger partial charge in [0, 0.05) is 6.54 Å². The number of rotatable bonds is 3. The number of nitrogens with one attached hydrogen (secondary N) is 1. The zero-order valence-corrected chi connectivity index (χ0v) is 12.2. The van der Waals surface area contributed by atoms with Gasteiger partial charge in [-0.2, -0.15) is 0 Å². The first kappa shape index (κ1) is 15.3. The van der Waals surface area contributed by atoms with Crippen LogP contribution in [0.5, 0.6) is 0 Å². The highest BCUT2D eigenvalue weighted by molar-refractivity contribution is 6.01. The molecule has 6 nitrogen and oxygen atoms in total. The highest BCUT2D eigenvalue weighted by Gasteiger charge is 2.34. The minimum Gasteiger partial charge on any atom is -0.478 e. The largest absolute Gasteiger partial charge is 0.478 e. The number of nitrogens with zero attached hydrogens (tertiary/aromatic N) is 1. The predicted molar refractivity (Wildman–Crippen MR) is 78.5 cm³/mol. The lowest BCUT2D eigenvalue weighted by molar-refractivity contribution is 0.0697. The highest BCUT2D eigenvalue weighted by Crippen LogP contribution is 2.25. The molecule has 0 aliphatic carbocycles. The van der Waals surface area contributed by atoms with Gasteiger partial charge in [0.25, 0.3) is 0 Å². The number of likely N-dealkylation sites (tertiary alicyclic amines) is 1. The Morgan fingerprint density at radius 2 is 2.14 bits per heavy atom. The van der Waals surface area contributed by atoms with Crippen molar-refractivity contribution in [1.82, 2.24) is 4.90 Å². The van der Waals surface area contributed by atoms with Gasteiger partial charge in [-0.1, -0.05) is 19.1 Å². The van der Waals surface area contributed by atoms with Crippen LogP contribution in [-0.4, -0.2) is 46.3 Å². The third-order valence-corrected chi connectivity index (χ3v) is 4.06. The van der Waals surface area contributed by atoms with Crippen LogP contribution in [0.3, 0.4) is 0 Å². The van der Waals surface area contributed by atoms with Crippen LogP contribution in [0.4, 0.5) is 10.5 Å². The normalized spacial score (nSPS) is 21.4. The van der Waals surface area contributed by atoms with E-state index < -0.39 is 5.97 Å². The van der Waals surface area contributed by atoms with Gasteiger partial charge < -0.3 is 20.4 Å². The van der Waals surface area contributed by atoms with Crippen LogP contribution in [0, 0.1) is 12.8 Å². The summed E-state index contributed by atoms with van der Waals surface area (Å²) in [6.07, 6.45) is 0.832. The fraction of sp³-hybridized carbons (Fsp3) is 0.467. The number of anilines is 1. The molecule has 2 amide bonds. The predicted octanol–water partition coefficient (Wildman–Crippen LogP) is 1.93. The van der Waals surface area contributed by atoms with Crippen LogP contribution in [0.1, 0.15) is 29.3 Å². The van der Waals surface area contributed by atoms with Crippen LogP contribution in [0.2, 0.25) is 0 Å². The van der Waals surface area contributed by atoms with Gasteiger partial charge >= 0.3 is 12.0 Å². The lowest BCUT2D eigenvalue weighted by Gasteiger charge is -2.25. The van der Waals surface area contributed by atoms with Gasteiger partial charge in [-0.15, -0.1) is 0 Å². The van der Waals surface area contributed by atoms with Gasteiger partial charge in [-0.05, 0) is 30.9 Å². The number of hydrogen-bond acceptors (Lipinski definition) is 3. The average molecular weight is 292 g/mol. The minimum atomic E-state index is -1.07. The Kier molecular flexibility index (Phi) is 4.47. The first-order valence-corrected chi connectivity index (χ1v) is 6.97. The number of carbonyl (C=O) groups excluding carboxylic acids is 1. The smallest absolute Gasteiger partial charge is 0.338 e. The van der Waals surface area contributed by atoms with Crippen molar-refractivity contribution in [2.45, 2.75) is 26.3 Å². The van der Waals surface area contributed by atoms with Gasteiger partial charge in [-0.3, -0.25) is 0 Å². The van der Waals surface area contributed by atoms with E-state index in [0.29, 0.717) is 12.1 Å². The van der Waals surface area contributed by atoms with E-state index in [2.05, 4.69) is 5.32 Å². The minimum absolute atomic E-state index is 0.0891. The summed E-state index contributed by atoms with van der Waals surface area (Å²) >= 11 is 0. The van der Waals surface area contributed by atoms with Crippen LogP contribution < -0.4 is 5.32 Å². The molecule has 1 aliphatic rings. The molecule has 0 bridgehead atoms. The zero-order chi connectivity index (χ0) is 15.6. The fourth-order valence-corrected chi connectivity index (χ4v) is 2.78. The van der Waals surface area contributed by atoms with Crippen molar-refractivity contribution in [3.8, 4) is 0 Å². The number of aliphatic hydroxyl groups is 1. The summed E-state index contributed by atoms with van der Waals surface area (Å²) in [6, 6.07) is 4.37. The molecule has 114 valence electrons. The second-order valence-electron chi connectivity index (χ2n) is 5.44. The number of benzene rings is 1. The second-order valence-corrected chi connectivity index (χ2v) is 5.44. The van der Waals surface area contributed by atoms with E-state index in [1.165, 1.54) is 0 Å². The molecule has 1 aliphatic heterocycles. The Bertz CT molecular complexity index is 559. The van der Waals surface area contributed by atoms with Crippen molar-refractivity contribution >= 4 is 17.7 Å². The van der Waals surface area contributed by atoms with Gasteiger partial charge in [0.2, 0.25) is 0 Å². The van der Waals surface area contributed by atoms with E-state index in [4.69, 9.17) is 0 Å². The van der Waals surface area contributed by atoms with Gasteiger partial charge in [0.1, 0.15) is 0 Å². The molecule has 1 aromatic carbocycles. The molecule has 2 atom stereocenters. The molecule has 2 unspecified atom stereocenters. The number of amides is 2. The van der Waals surface area contributed by atoms with Crippen LogP contribution in [-0.2, 0) is 0 Å². The maximum atomic E-state index is 12.3. The van der Waals surface area contributed by atoms with E-state index >= 15 is 0 Å². The van der Waals surface area contributed by atoms with Crippen molar-refractivity contribution in [1.29, 1.82) is 0 Å². The maximum Gasteiger partial charge on any atom is 0.338 e. The van der Waals surface area contributed by atoms with E-state index in [-0.39, 0.29) is 35.8 Å². The maximum absolute atomic E-state index is 12.3. The second kappa shape index (κ2) is 6.13. The summed E-state index contributed by atoms with van der Waals surface area (Å²) in [5.41, 5.74) is 0.969. The van der Waals surface area contributed by atoms with Crippen LogP contribution in [0.15, 0.2) is 18.2 Å². The van der Waals surface area contributed by atoms with Crippen molar-refractivity contribution in [3.63, 3.8) is 0 Å². The molecule has 6 heteroatoms. The number of aliphatic hydroxyl groups excluding tert-OH is 1. The lowest BCUT2D eigenvalue weighted by Crippen LogP contribution is -2.42. The number of aromatic carboxylic acids is 1. The number of urea groups is 1. The summed E-state index contributed by atoms with van der Waals surface area (Å²) in [7, 11) is 0. The number of carboxylic acid groups (broad SMARTS) is 1. The molecular formula is C15H20N2O4. The SMILES string of the molecule is Cc1cccc(NC(=O)N2CCC(C)C2CO)c1C(=O)O. The molecule has 0 radical (unpaired) electrons. The summed E-state index contributed by atoms with van der Waals surface area (Å²) in [5, 5.41) is 21.3. The molecule has 0 spiro atoms. The Labute approximate surface area is 123 Å². The molecule has 2 rings (SSSR count). The molecule has 1 aromatic rings. The fourth-order valence-electron chi connectivity index (χ4n) is 2.78. The molecule has 21 heavy (non-hydrogen) atoms. The van der Waals surface area contributed by atoms with Gasteiger partial charge in [0.15, 0.2) is 0 Å². The lowest BCUT2D eigenvalue weighted by atomic mass is 10.0. The molecule has 1 fully saturated rings. The number of aryl methyl sites for hydroxylation is 1. The van der Waals surface area contributed by atoms with E-state index in [1.54, 1.807) is 30.0 Å².